The maximum atomic E-state index is 11.9. The first-order chi connectivity index (χ1) is 8.81. The zero-order valence-electron chi connectivity index (χ0n) is 9.31. The zero-order valence-corrected chi connectivity index (χ0v) is 10.9. The molecule has 0 saturated carbocycles. The predicted octanol–water partition coefficient (Wildman–Crippen LogP) is 2.42. The molecule has 0 saturated heterocycles. The summed E-state index contributed by atoms with van der Waals surface area (Å²) in [5.74, 6) is 2.75. The Hall–Kier alpha value is -1.84. The summed E-state index contributed by atoms with van der Waals surface area (Å²) in [6, 6.07) is 3.87. The van der Waals surface area contributed by atoms with Crippen LogP contribution in [0.1, 0.15) is 9.67 Å². The summed E-state index contributed by atoms with van der Waals surface area (Å²) in [5, 5.41) is 10.0. The lowest BCUT2D eigenvalue weighted by Crippen LogP contribution is -2.07. The van der Waals surface area contributed by atoms with E-state index >= 15 is 0 Å². The molecule has 0 aliphatic heterocycles. The van der Waals surface area contributed by atoms with Gasteiger partial charge in [-0.2, -0.15) is 0 Å². The second-order valence-electron chi connectivity index (χ2n) is 3.16. The van der Waals surface area contributed by atoms with Crippen LogP contribution in [0.4, 0.5) is 0 Å². The van der Waals surface area contributed by atoms with E-state index in [9.17, 15) is 4.79 Å². The Labute approximate surface area is 113 Å². The molecule has 90 valence electrons. The van der Waals surface area contributed by atoms with Crippen LogP contribution in [0.3, 0.4) is 0 Å². The number of rotatable bonds is 4. The molecule has 2 heterocycles. The van der Waals surface area contributed by atoms with Gasteiger partial charge in [-0.3, -0.25) is 4.79 Å². The number of thioether (sulfide) groups is 1. The third-order valence-corrected chi connectivity index (χ3v) is 3.66. The molecular formula is C12H9N3OS2. The van der Waals surface area contributed by atoms with E-state index in [1.54, 1.807) is 17.4 Å². The normalized spacial score (nSPS) is 10.6. The lowest BCUT2D eigenvalue weighted by Gasteiger charge is -1.98. The van der Waals surface area contributed by atoms with Crippen LogP contribution >= 0.6 is 23.1 Å². The fourth-order valence-electron chi connectivity index (χ4n) is 1.20. The highest BCUT2D eigenvalue weighted by Gasteiger charge is 2.09. The monoisotopic (exact) mass is 275 g/mol. The predicted molar refractivity (Wildman–Crippen MR) is 73.6 cm³/mol. The molecular weight excluding hydrogens is 266 g/mol. The second-order valence-corrected chi connectivity index (χ2v) is 5.09. The lowest BCUT2D eigenvalue weighted by molar-refractivity contribution is 0.0960. The SMILES string of the molecule is C#CCSc1nncn1C(=O)/C=C/c1cccs1. The molecule has 0 bridgehead atoms. The van der Waals surface area contributed by atoms with Gasteiger partial charge in [-0.15, -0.1) is 28.0 Å². The largest absolute Gasteiger partial charge is 0.269 e. The molecule has 0 aliphatic carbocycles. The van der Waals surface area contributed by atoms with Crippen LogP contribution in [0.5, 0.6) is 0 Å². The lowest BCUT2D eigenvalue weighted by atomic mass is 10.4. The average Bonchev–Trinajstić information content (AvgIpc) is 3.04. The van der Waals surface area contributed by atoms with Gasteiger partial charge in [0.15, 0.2) is 5.16 Å². The molecule has 6 heteroatoms. The average molecular weight is 275 g/mol. The standard InChI is InChI=1S/C12H9N3OS2/c1-2-7-18-12-14-13-9-15(12)11(16)6-5-10-4-3-8-17-10/h1,3-6,8-9H,7H2/b6-5+. The molecule has 2 aromatic rings. The number of carbonyl (C=O) groups excluding carboxylic acids is 1. The van der Waals surface area contributed by atoms with Crippen molar-refractivity contribution < 1.29 is 4.79 Å². The number of terminal acetylenes is 1. The number of thiophene rings is 1. The van der Waals surface area contributed by atoms with Crippen molar-refractivity contribution in [3.63, 3.8) is 0 Å². The highest BCUT2D eigenvalue weighted by Crippen LogP contribution is 2.15. The Balaban J connectivity index is 2.10. The van der Waals surface area contributed by atoms with Crippen LogP contribution in [-0.2, 0) is 0 Å². The zero-order chi connectivity index (χ0) is 12.8. The van der Waals surface area contributed by atoms with Crippen LogP contribution in [0, 0.1) is 12.3 Å². The number of hydrogen-bond donors (Lipinski definition) is 0. The first-order valence-corrected chi connectivity index (χ1v) is 6.90. The minimum atomic E-state index is -0.187. The van der Waals surface area contributed by atoms with Crippen LogP contribution in [-0.4, -0.2) is 26.4 Å². The number of carbonyl (C=O) groups is 1. The number of nitrogens with zero attached hydrogens (tertiary/aromatic N) is 3. The van der Waals surface area contributed by atoms with Crippen molar-refractivity contribution in [2.45, 2.75) is 5.16 Å². The van der Waals surface area contributed by atoms with Crippen LogP contribution in [0.15, 0.2) is 35.1 Å². The molecule has 2 aromatic heterocycles. The van der Waals surface area contributed by atoms with Gasteiger partial charge in [-0.25, -0.2) is 4.57 Å². The molecule has 0 radical (unpaired) electrons. The summed E-state index contributed by atoms with van der Waals surface area (Å²) in [6.07, 6.45) is 9.82. The van der Waals surface area contributed by atoms with E-state index in [4.69, 9.17) is 6.42 Å². The van der Waals surface area contributed by atoms with Gasteiger partial charge < -0.3 is 0 Å². The first kappa shape index (κ1) is 12.6. The van der Waals surface area contributed by atoms with Crippen LogP contribution in [0.25, 0.3) is 6.08 Å². The molecule has 0 aliphatic rings. The van der Waals surface area contributed by atoms with Gasteiger partial charge in [0.25, 0.3) is 5.91 Å². The summed E-state index contributed by atoms with van der Waals surface area (Å²) in [4.78, 5) is 12.9. The Bertz CT molecular complexity index is 593. The third-order valence-electron chi connectivity index (χ3n) is 1.97. The molecule has 0 amide bonds. The topological polar surface area (TPSA) is 47.8 Å². The van der Waals surface area contributed by atoms with Gasteiger partial charge in [0.2, 0.25) is 0 Å². The summed E-state index contributed by atoms with van der Waals surface area (Å²) < 4.78 is 1.38. The van der Waals surface area contributed by atoms with E-state index in [0.29, 0.717) is 10.9 Å². The minimum Gasteiger partial charge on any atom is -0.269 e. The van der Waals surface area contributed by atoms with Crippen molar-refractivity contribution in [1.82, 2.24) is 14.8 Å². The van der Waals surface area contributed by atoms with Gasteiger partial charge >= 0.3 is 0 Å². The summed E-state index contributed by atoms with van der Waals surface area (Å²) >= 11 is 2.88. The molecule has 0 aromatic carbocycles. The van der Waals surface area contributed by atoms with Gasteiger partial charge in [-0.1, -0.05) is 23.7 Å². The van der Waals surface area contributed by atoms with E-state index in [-0.39, 0.29) is 5.91 Å². The molecule has 18 heavy (non-hydrogen) atoms. The molecule has 4 nitrogen and oxygen atoms in total. The molecule has 2 rings (SSSR count). The molecule has 0 atom stereocenters. The van der Waals surface area contributed by atoms with E-state index in [1.807, 2.05) is 17.5 Å². The van der Waals surface area contributed by atoms with Gasteiger partial charge in [0, 0.05) is 11.0 Å². The number of aromatic nitrogens is 3. The maximum absolute atomic E-state index is 11.9. The minimum absolute atomic E-state index is 0.187. The van der Waals surface area contributed by atoms with Crippen molar-refractivity contribution in [3.8, 4) is 12.3 Å². The van der Waals surface area contributed by atoms with Gasteiger partial charge in [0.05, 0.1) is 5.75 Å². The Morgan fingerprint density at radius 1 is 1.67 bits per heavy atom. The van der Waals surface area contributed by atoms with Crippen molar-refractivity contribution in [2.24, 2.45) is 0 Å². The highest BCUT2D eigenvalue weighted by atomic mass is 32.2. The number of hydrogen-bond acceptors (Lipinski definition) is 5. The fourth-order valence-corrected chi connectivity index (χ4v) is 2.41. The van der Waals surface area contributed by atoms with Gasteiger partial charge in [0.1, 0.15) is 6.33 Å². The summed E-state index contributed by atoms with van der Waals surface area (Å²) in [5.41, 5.74) is 0. The maximum Gasteiger partial charge on any atom is 0.258 e. The molecule has 0 N–H and O–H groups in total. The van der Waals surface area contributed by atoms with E-state index in [0.717, 1.165) is 4.88 Å². The number of allylic oxidation sites excluding steroid dienone is 1. The first-order valence-electron chi connectivity index (χ1n) is 5.03. The Morgan fingerprint density at radius 2 is 2.56 bits per heavy atom. The van der Waals surface area contributed by atoms with Crippen molar-refractivity contribution in [2.75, 3.05) is 5.75 Å². The fraction of sp³-hybridized carbons (Fsp3) is 0.0833. The summed E-state index contributed by atoms with van der Waals surface area (Å²) in [6.45, 7) is 0. The van der Waals surface area contributed by atoms with Crippen LogP contribution < -0.4 is 0 Å². The van der Waals surface area contributed by atoms with Crippen molar-refractivity contribution in [1.29, 1.82) is 0 Å². The quantitative estimate of drug-likeness (QED) is 0.488. The van der Waals surface area contributed by atoms with E-state index in [1.165, 1.54) is 28.7 Å². The van der Waals surface area contributed by atoms with Gasteiger partial charge in [-0.05, 0) is 17.5 Å². The van der Waals surface area contributed by atoms with Crippen molar-refractivity contribution >= 4 is 35.1 Å². The third kappa shape index (κ3) is 3.09. The highest BCUT2D eigenvalue weighted by molar-refractivity contribution is 7.99. The van der Waals surface area contributed by atoms with E-state index < -0.39 is 0 Å². The smallest absolute Gasteiger partial charge is 0.258 e. The summed E-state index contributed by atoms with van der Waals surface area (Å²) in [7, 11) is 0. The Kier molecular flexibility index (Phi) is 4.34. The molecule has 0 spiro atoms. The van der Waals surface area contributed by atoms with Crippen LogP contribution in [0.2, 0.25) is 0 Å². The van der Waals surface area contributed by atoms with E-state index in [2.05, 4.69) is 16.1 Å². The van der Waals surface area contributed by atoms with Crippen molar-refractivity contribution in [3.05, 3.63) is 34.8 Å². The second kappa shape index (κ2) is 6.19. The Morgan fingerprint density at radius 3 is 3.28 bits per heavy atom. The molecule has 0 unspecified atom stereocenters. The molecule has 0 fully saturated rings.